The molecule has 0 aromatic heterocycles. The van der Waals surface area contributed by atoms with E-state index in [4.69, 9.17) is 22.9 Å². The van der Waals surface area contributed by atoms with Crippen molar-refractivity contribution in [3.8, 4) is 0 Å². The van der Waals surface area contributed by atoms with E-state index >= 15 is 0 Å². The SMILES string of the molecule is CCCCNC(=O)c1ccc(N)c(N)c1.CCNC(=O)C1=CC(N)C(N)C=C1.Cl.Cl. The number of nitrogens with two attached hydrogens (primary N) is 4. The molecule has 2 rings (SSSR count). The molecular weight excluding hydrogens is 427 g/mol. The highest BCUT2D eigenvalue weighted by molar-refractivity contribution is 5.96. The average molecular weight is 461 g/mol. The zero-order valence-corrected chi connectivity index (χ0v) is 19.0. The number of amides is 2. The molecule has 2 atom stereocenters. The fraction of sp³-hybridized carbons (Fsp3) is 0.400. The van der Waals surface area contributed by atoms with E-state index in [-0.39, 0.29) is 48.7 Å². The topological polar surface area (TPSA) is 162 Å². The first-order valence-corrected chi connectivity index (χ1v) is 9.42. The Balaban J connectivity index is 0. The summed E-state index contributed by atoms with van der Waals surface area (Å²) in [6.45, 7) is 5.26. The molecule has 0 aliphatic heterocycles. The summed E-state index contributed by atoms with van der Waals surface area (Å²) in [5.74, 6) is -0.198. The Bertz CT molecular complexity index is 740. The molecule has 8 nitrogen and oxygen atoms in total. The van der Waals surface area contributed by atoms with E-state index in [2.05, 4.69) is 17.6 Å². The van der Waals surface area contributed by atoms with Gasteiger partial charge in [-0.15, -0.1) is 24.8 Å². The summed E-state index contributed by atoms with van der Waals surface area (Å²) >= 11 is 0. The second kappa shape index (κ2) is 15.6. The lowest BCUT2D eigenvalue weighted by Gasteiger charge is -2.18. The van der Waals surface area contributed by atoms with Gasteiger partial charge in [-0.05, 0) is 31.5 Å². The predicted molar refractivity (Wildman–Crippen MR) is 129 cm³/mol. The van der Waals surface area contributed by atoms with Crippen LogP contribution in [0, 0.1) is 0 Å². The van der Waals surface area contributed by atoms with Crippen LogP contribution in [0.1, 0.15) is 37.0 Å². The summed E-state index contributed by atoms with van der Waals surface area (Å²) in [5.41, 5.74) is 24.5. The van der Waals surface area contributed by atoms with Crippen molar-refractivity contribution in [1.82, 2.24) is 10.6 Å². The Kier molecular flexibility index (Phi) is 15.5. The van der Waals surface area contributed by atoms with E-state index < -0.39 is 0 Å². The van der Waals surface area contributed by atoms with Gasteiger partial charge in [-0.25, -0.2) is 0 Å². The van der Waals surface area contributed by atoms with Gasteiger partial charge >= 0.3 is 0 Å². The minimum absolute atomic E-state index is 0. The van der Waals surface area contributed by atoms with Gasteiger partial charge < -0.3 is 33.6 Å². The van der Waals surface area contributed by atoms with E-state index in [0.29, 0.717) is 35.6 Å². The van der Waals surface area contributed by atoms with Gasteiger partial charge in [0.05, 0.1) is 11.4 Å². The van der Waals surface area contributed by atoms with E-state index in [9.17, 15) is 9.59 Å². The maximum absolute atomic E-state index is 11.6. The summed E-state index contributed by atoms with van der Waals surface area (Å²) < 4.78 is 0. The number of benzene rings is 1. The number of halogens is 2. The summed E-state index contributed by atoms with van der Waals surface area (Å²) in [6.07, 6.45) is 7.18. The largest absolute Gasteiger partial charge is 0.397 e. The number of rotatable bonds is 6. The number of carbonyl (C=O) groups excluding carboxylic acids is 2. The van der Waals surface area contributed by atoms with Crippen LogP contribution < -0.4 is 33.6 Å². The van der Waals surface area contributed by atoms with Gasteiger partial charge in [0, 0.05) is 36.3 Å². The maximum Gasteiger partial charge on any atom is 0.251 e. The first kappa shape index (κ1) is 29.9. The predicted octanol–water partition coefficient (Wildman–Crippen LogP) is 1.50. The van der Waals surface area contributed by atoms with Crippen molar-refractivity contribution in [3.05, 3.63) is 47.6 Å². The second-order valence-corrected chi connectivity index (χ2v) is 6.45. The molecule has 1 aromatic carbocycles. The third-order valence-corrected chi connectivity index (χ3v) is 4.08. The van der Waals surface area contributed by atoms with Crippen molar-refractivity contribution in [2.75, 3.05) is 24.6 Å². The van der Waals surface area contributed by atoms with E-state index in [0.717, 1.165) is 12.8 Å². The van der Waals surface area contributed by atoms with Crippen molar-refractivity contribution in [1.29, 1.82) is 0 Å². The Morgan fingerprint density at radius 3 is 2.17 bits per heavy atom. The van der Waals surface area contributed by atoms with E-state index in [1.54, 1.807) is 36.4 Å². The number of hydrogen-bond donors (Lipinski definition) is 6. The van der Waals surface area contributed by atoms with E-state index in [1.165, 1.54) is 0 Å². The van der Waals surface area contributed by atoms with Crippen molar-refractivity contribution in [2.24, 2.45) is 11.5 Å². The number of carbonyl (C=O) groups is 2. The fourth-order valence-corrected chi connectivity index (χ4v) is 2.33. The molecule has 170 valence electrons. The monoisotopic (exact) mass is 460 g/mol. The lowest BCUT2D eigenvalue weighted by molar-refractivity contribution is -0.117. The first-order valence-electron chi connectivity index (χ1n) is 9.42. The fourth-order valence-electron chi connectivity index (χ4n) is 2.33. The molecule has 2 amide bonds. The summed E-state index contributed by atoms with van der Waals surface area (Å²) in [7, 11) is 0. The van der Waals surface area contributed by atoms with Crippen LogP contribution in [0.25, 0.3) is 0 Å². The third-order valence-electron chi connectivity index (χ3n) is 4.08. The van der Waals surface area contributed by atoms with Gasteiger partial charge in [0.1, 0.15) is 0 Å². The Morgan fingerprint density at radius 1 is 0.967 bits per heavy atom. The molecule has 0 spiro atoms. The molecule has 0 saturated carbocycles. The molecule has 10 N–H and O–H groups in total. The number of nitrogen functional groups attached to an aromatic ring is 2. The lowest BCUT2D eigenvalue weighted by Crippen LogP contribution is -2.41. The van der Waals surface area contributed by atoms with Crippen LogP contribution in [0.4, 0.5) is 11.4 Å². The minimum Gasteiger partial charge on any atom is -0.397 e. The Morgan fingerprint density at radius 2 is 1.63 bits per heavy atom. The van der Waals surface area contributed by atoms with Gasteiger partial charge in [0.15, 0.2) is 0 Å². The van der Waals surface area contributed by atoms with Crippen molar-refractivity contribution in [3.63, 3.8) is 0 Å². The highest BCUT2D eigenvalue weighted by Gasteiger charge is 2.16. The van der Waals surface area contributed by atoms with Crippen LogP contribution in [-0.4, -0.2) is 37.0 Å². The second-order valence-electron chi connectivity index (χ2n) is 6.45. The van der Waals surface area contributed by atoms with Crippen LogP contribution in [0.3, 0.4) is 0 Å². The number of nitrogens with one attached hydrogen (secondary N) is 2. The Labute approximate surface area is 190 Å². The third kappa shape index (κ3) is 9.98. The Hall–Kier alpha value is -2.26. The molecule has 1 aromatic rings. The number of anilines is 2. The smallest absolute Gasteiger partial charge is 0.251 e. The molecule has 2 unspecified atom stereocenters. The number of hydrogen-bond acceptors (Lipinski definition) is 6. The average Bonchev–Trinajstić information content (AvgIpc) is 2.67. The number of likely N-dealkylation sites (N-methyl/N-ethyl adjacent to an activating group) is 1. The molecule has 0 saturated heterocycles. The van der Waals surface area contributed by atoms with Crippen LogP contribution in [0.5, 0.6) is 0 Å². The molecule has 30 heavy (non-hydrogen) atoms. The summed E-state index contributed by atoms with van der Waals surface area (Å²) in [4.78, 5) is 22.9. The molecular formula is C20H34Cl2N6O2. The number of unbranched alkanes of at least 4 members (excludes halogenated alkanes) is 1. The molecule has 0 bridgehead atoms. The van der Waals surface area contributed by atoms with E-state index in [1.807, 2.05) is 6.92 Å². The maximum atomic E-state index is 11.6. The summed E-state index contributed by atoms with van der Waals surface area (Å²) in [6, 6.07) is 4.47. The van der Waals surface area contributed by atoms with Crippen LogP contribution in [-0.2, 0) is 4.79 Å². The van der Waals surface area contributed by atoms with Gasteiger partial charge in [0.25, 0.3) is 11.8 Å². The first-order chi connectivity index (χ1) is 13.3. The molecule has 1 aliphatic carbocycles. The van der Waals surface area contributed by atoms with Gasteiger partial charge in [-0.3, -0.25) is 9.59 Å². The molecule has 0 heterocycles. The zero-order chi connectivity index (χ0) is 21.1. The van der Waals surface area contributed by atoms with Crippen molar-refractivity contribution < 1.29 is 9.59 Å². The van der Waals surface area contributed by atoms with Crippen molar-refractivity contribution >= 4 is 48.0 Å². The van der Waals surface area contributed by atoms with Crippen LogP contribution in [0.2, 0.25) is 0 Å². The normalized spacial score (nSPS) is 16.6. The highest BCUT2D eigenvalue weighted by atomic mass is 35.5. The molecule has 1 aliphatic rings. The van der Waals surface area contributed by atoms with Crippen LogP contribution in [0.15, 0.2) is 42.0 Å². The van der Waals surface area contributed by atoms with Crippen LogP contribution >= 0.6 is 24.8 Å². The molecule has 0 radical (unpaired) electrons. The summed E-state index contributed by atoms with van der Waals surface area (Å²) in [5, 5.41) is 5.51. The minimum atomic E-state index is -0.261. The van der Waals surface area contributed by atoms with Gasteiger partial charge in [0.2, 0.25) is 0 Å². The molecule has 10 heteroatoms. The van der Waals surface area contributed by atoms with Crippen molar-refractivity contribution in [2.45, 2.75) is 38.8 Å². The lowest BCUT2D eigenvalue weighted by atomic mass is 9.99. The zero-order valence-electron chi connectivity index (χ0n) is 17.4. The highest BCUT2D eigenvalue weighted by Crippen LogP contribution is 2.15. The standard InChI is InChI=1S/C11H17N3O.C9H15N3O.2ClH/c1-2-3-6-14-11(15)8-4-5-9(12)10(13)7-8;1-2-12-9(13)6-3-4-7(10)8(11)5-6;;/h4-5,7H,2-3,6,12-13H2,1H3,(H,14,15);3-5,7-8H,2,10-11H2,1H3,(H,12,13);2*1H. The quantitative estimate of drug-likeness (QED) is 0.278. The van der Waals surface area contributed by atoms with Gasteiger partial charge in [-0.1, -0.05) is 31.6 Å². The van der Waals surface area contributed by atoms with Gasteiger partial charge in [-0.2, -0.15) is 0 Å². The molecule has 0 fully saturated rings.